The lowest BCUT2D eigenvalue weighted by Gasteiger charge is -2.22. The maximum atomic E-state index is 11.8. The van der Waals surface area contributed by atoms with Crippen molar-refractivity contribution in [2.24, 2.45) is 0 Å². The molecule has 1 aromatic rings. The minimum atomic E-state index is -0.696. The first-order valence-corrected chi connectivity index (χ1v) is 6.47. The predicted octanol–water partition coefficient (Wildman–Crippen LogP) is 1.78. The van der Waals surface area contributed by atoms with Gasteiger partial charge >= 0.3 is 5.97 Å². The minimum Gasteiger partial charge on any atom is -0.508 e. The Morgan fingerprint density at radius 1 is 1.25 bits per heavy atom. The summed E-state index contributed by atoms with van der Waals surface area (Å²) < 4.78 is 5.18. The molecule has 5 heteroatoms. The highest BCUT2D eigenvalue weighted by molar-refractivity contribution is 5.85. The van der Waals surface area contributed by atoms with Gasteiger partial charge < -0.3 is 15.2 Å². The Bertz CT molecular complexity index is 474. The quantitative estimate of drug-likeness (QED) is 0.824. The summed E-state index contributed by atoms with van der Waals surface area (Å²) in [7, 11) is 0. The van der Waals surface area contributed by atoms with Gasteiger partial charge in [-0.3, -0.25) is 4.79 Å². The van der Waals surface area contributed by atoms with E-state index in [1.807, 2.05) is 0 Å². The van der Waals surface area contributed by atoms with Crippen molar-refractivity contribution in [3.8, 4) is 5.75 Å². The molecule has 5 nitrogen and oxygen atoms in total. The van der Waals surface area contributed by atoms with Gasteiger partial charge in [-0.2, -0.15) is 0 Å². The van der Waals surface area contributed by atoms with E-state index in [2.05, 4.69) is 5.32 Å². The number of carbonyl (C=O) groups excluding carboxylic acids is 2. The third-order valence-corrected chi connectivity index (χ3v) is 2.44. The number of esters is 1. The molecule has 1 aromatic carbocycles. The van der Waals surface area contributed by atoms with Crippen molar-refractivity contribution in [2.45, 2.75) is 45.8 Å². The number of phenolic OH excluding ortho intramolecular Hbond substituents is 1. The number of ether oxygens (including phenoxy) is 1. The third kappa shape index (κ3) is 5.73. The van der Waals surface area contributed by atoms with Crippen LogP contribution in [0.4, 0.5) is 0 Å². The highest BCUT2D eigenvalue weighted by atomic mass is 16.6. The minimum absolute atomic E-state index is 0.146. The molecular formula is C15H21NO4. The molecule has 0 aromatic heterocycles. The van der Waals surface area contributed by atoms with E-state index in [9.17, 15) is 9.59 Å². The number of hydrogen-bond acceptors (Lipinski definition) is 4. The van der Waals surface area contributed by atoms with Crippen LogP contribution in [0.3, 0.4) is 0 Å². The van der Waals surface area contributed by atoms with Gasteiger partial charge in [0.25, 0.3) is 0 Å². The first kappa shape index (κ1) is 16.0. The van der Waals surface area contributed by atoms with Crippen molar-refractivity contribution in [2.75, 3.05) is 0 Å². The summed E-state index contributed by atoms with van der Waals surface area (Å²) in [4.78, 5) is 23.5. The number of carbonyl (C=O) groups is 2. The van der Waals surface area contributed by atoms with Crippen molar-refractivity contribution in [1.29, 1.82) is 0 Å². The van der Waals surface area contributed by atoms with Crippen LogP contribution in [-0.4, -0.2) is 28.6 Å². The van der Waals surface area contributed by atoms with E-state index in [4.69, 9.17) is 9.84 Å². The van der Waals surface area contributed by atoms with Gasteiger partial charge in [0, 0.05) is 0 Å². The zero-order chi connectivity index (χ0) is 15.3. The summed E-state index contributed by atoms with van der Waals surface area (Å²) in [6, 6.07) is 5.65. The standard InChI is InChI=1S/C15H21NO4/c1-10(14(19)20-15(2,3)4)16-13(18)9-11-5-7-12(17)8-6-11/h5-8,10,17H,9H2,1-4H3,(H,16,18)/t10-/m1/s1. The summed E-state index contributed by atoms with van der Waals surface area (Å²) in [5, 5.41) is 11.7. The molecule has 110 valence electrons. The fraction of sp³-hybridized carbons (Fsp3) is 0.467. The SMILES string of the molecule is C[C@@H](NC(=O)Cc1ccc(O)cc1)C(=O)OC(C)(C)C. The molecule has 0 saturated heterocycles. The second-order valence-electron chi connectivity index (χ2n) is 5.67. The number of aromatic hydroxyl groups is 1. The van der Waals surface area contributed by atoms with Crippen LogP contribution in [0.1, 0.15) is 33.3 Å². The van der Waals surface area contributed by atoms with E-state index in [1.54, 1.807) is 39.8 Å². The first-order chi connectivity index (χ1) is 9.17. The molecule has 0 aliphatic heterocycles. The average molecular weight is 279 g/mol. The van der Waals surface area contributed by atoms with E-state index in [0.717, 1.165) is 5.56 Å². The van der Waals surface area contributed by atoms with Gasteiger partial charge in [-0.1, -0.05) is 12.1 Å². The lowest BCUT2D eigenvalue weighted by Crippen LogP contribution is -2.42. The lowest BCUT2D eigenvalue weighted by atomic mass is 10.1. The molecular weight excluding hydrogens is 258 g/mol. The number of nitrogens with one attached hydrogen (secondary N) is 1. The van der Waals surface area contributed by atoms with E-state index in [-0.39, 0.29) is 18.1 Å². The predicted molar refractivity (Wildman–Crippen MR) is 75.3 cm³/mol. The monoisotopic (exact) mass is 279 g/mol. The van der Waals surface area contributed by atoms with Crippen LogP contribution in [0.25, 0.3) is 0 Å². The second kappa shape index (κ2) is 6.41. The molecule has 20 heavy (non-hydrogen) atoms. The van der Waals surface area contributed by atoms with Crippen LogP contribution < -0.4 is 5.32 Å². The van der Waals surface area contributed by atoms with Crippen molar-refractivity contribution >= 4 is 11.9 Å². The summed E-state index contributed by atoms with van der Waals surface area (Å²) in [5.74, 6) is -0.582. The Labute approximate surface area is 118 Å². The molecule has 2 N–H and O–H groups in total. The number of benzene rings is 1. The number of hydrogen-bond donors (Lipinski definition) is 2. The van der Waals surface area contributed by atoms with Gasteiger partial charge in [0.05, 0.1) is 6.42 Å². The molecule has 0 aliphatic carbocycles. The molecule has 0 radical (unpaired) electrons. The lowest BCUT2D eigenvalue weighted by molar-refractivity contribution is -0.158. The fourth-order valence-corrected chi connectivity index (χ4v) is 1.54. The molecule has 0 spiro atoms. The molecule has 0 bridgehead atoms. The first-order valence-electron chi connectivity index (χ1n) is 6.47. The Morgan fingerprint density at radius 3 is 2.30 bits per heavy atom. The van der Waals surface area contributed by atoms with Crippen LogP contribution in [0.15, 0.2) is 24.3 Å². The van der Waals surface area contributed by atoms with Gasteiger partial charge in [-0.15, -0.1) is 0 Å². The van der Waals surface area contributed by atoms with Crippen molar-refractivity contribution in [1.82, 2.24) is 5.32 Å². The van der Waals surface area contributed by atoms with Gasteiger partial charge in [0.1, 0.15) is 17.4 Å². The normalized spacial score (nSPS) is 12.6. The Morgan fingerprint density at radius 2 is 1.80 bits per heavy atom. The summed E-state index contributed by atoms with van der Waals surface area (Å²) >= 11 is 0. The van der Waals surface area contributed by atoms with E-state index in [0.29, 0.717) is 0 Å². The van der Waals surface area contributed by atoms with E-state index >= 15 is 0 Å². The van der Waals surface area contributed by atoms with Crippen molar-refractivity contribution in [3.63, 3.8) is 0 Å². The number of phenols is 1. The Hall–Kier alpha value is -2.04. The topological polar surface area (TPSA) is 75.6 Å². The Kier molecular flexibility index (Phi) is 5.13. The molecule has 0 fully saturated rings. The van der Waals surface area contributed by atoms with E-state index in [1.165, 1.54) is 12.1 Å². The van der Waals surface area contributed by atoms with Gasteiger partial charge in [0.15, 0.2) is 0 Å². The molecule has 0 saturated carbocycles. The van der Waals surface area contributed by atoms with Crippen LogP contribution in [0.2, 0.25) is 0 Å². The molecule has 0 unspecified atom stereocenters. The van der Waals surface area contributed by atoms with Crippen LogP contribution >= 0.6 is 0 Å². The van der Waals surface area contributed by atoms with Crippen LogP contribution in [-0.2, 0) is 20.7 Å². The van der Waals surface area contributed by atoms with Crippen LogP contribution in [0.5, 0.6) is 5.75 Å². The van der Waals surface area contributed by atoms with Crippen LogP contribution in [0, 0.1) is 0 Å². The maximum Gasteiger partial charge on any atom is 0.328 e. The van der Waals surface area contributed by atoms with E-state index < -0.39 is 17.6 Å². The summed E-state index contributed by atoms with van der Waals surface area (Å²) in [6.07, 6.45) is 0.146. The third-order valence-electron chi connectivity index (χ3n) is 2.44. The molecule has 1 amide bonds. The molecule has 1 rings (SSSR count). The maximum absolute atomic E-state index is 11.8. The fourth-order valence-electron chi connectivity index (χ4n) is 1.54. The molecule has 0 aliphatic rings. The summed E-state index contributed by atoms with van der Waals surface area (Å²) in [5.41, 5.74) is 0.184. The average Bonchev–Trinajstić information content (AvgIpc) is 2.29. The van der Waals surface area contributed by atoms with Gasteiger partial charge in [0.2, 0.25) is 5.91 Å². The van der Waals surface area contributed by atoms with Crippen molar-refractivity contribution < 1.29 is 19.4 Å². The number of amides is 1. The zero-order valence-corrected chi connectivity index (χ0v) is 12.3. The summed E-state index contributed by atoms with van der Waals surface area (Å²) in [6.45, 7) is 6.91. The van der Waals surface area contributed by atoms with Gasteiger partial charge in [-0.25, -0.2) is 4.79 Å². The number of rotatable bonds is 4. The molecule has 0 heterocycles. The zero-order valence-electron chi connectivity index (χ0n) is 12.3. The smallest absolute Gasteiger partial charge is 0.328 e. The Balaban J connectivity index is 2.49. The van der Waals surface area contributed by atoms with Gasteiger partial charge in [-0.05, 0) is 45.4 Å². The largest absolute Gasteiger partial charge is 0.508 e. The highest BCUT2D eigenvalue weighted by Gasteiger charge is 2.22. The second-order valence-corrected chi connectivity index (χ2v) is 5.67. The highest BCUT2D eigenvalue weighted by Crippen LogP contribution is 2.11. The molecule has 1 atom stereocenters. The van der Waals surface area contributed by atoms with Crippen molar-refractivity contribution in [3.05, 3.63) is 29.8 Å².